The van der Waals surface area contributed by atoms with Crippen molar-refractivity contribution in [3.8, 4) is 0 Å². The molecule has 1 N–H and O–H groups in total. The number of nitrogens with zero attached hydrogens (tertiary/aromatic N) is 2. The molecule has 1 aromatic rings. The number of aromatic nitrogens is 2. The minimum atomic E-state index is -0.491. The number of fused-ring (bicyclic) bond motifs is 2. The Hall–Kier alpha value is -1.65. The smallest absolute Gasteiger partial charge is 0.292 e. The van der Waals surface area contributed by atoms with E-state index in [9.17, 15) is 9.59 Å². The summed E-state index contributed by atoms with van der Waals surface area (Å²) in [6.07, 6.45) is 5.13. The van der Waals surface area contributed by atoms with Crippen molar-refractivity contribution in [2.45, 2.75) is 52.5 Å². The van der Waals surface area contributed by atoms with Crippen molar-refractivity contribution in [2.24, 2.45) is 24.8 Å². The molecule has 3 rings (SSSR count). The maximum Gasteiger partial charge on any atom is 0.292 e. The molecule has 2 aliphatic carbocycles. The molecule has 2 saturated carbocycles. The molecule has 1 amide bonds. The van der Waals surface area contributed by atoms with Crippen LogP contribution in [0.3, 0.4) is 0 Å². The predicted octanol–water partition coefficient (Wildman–Crippen LogP) is 2.16. The van der Waals surface area contributed by atoms with Crippen LogP contribution in [0, 0.1) is 31.6 Å². The fourth-order valence-corrected chi connectivity index (χ4v) is 4.50. The normalized spacial score (nSPS) is 27.9. The van der Waals surface area contributed by atoms with Gasteiger partial charge >= 0.3 is 0 Å². The van der Waals surface area contributed by atoms with E-state index in [0.717, 1.165) is 17.5 Å². The molecule has 0 aromatic carbocycles. The van der Waals surface area contributed by atoms with Crippen LogP contribution >= 0.6 is 0 Å². The van der Waals surface area contributed by atoms with Gasteiger partial charge in [-0.3, -0.25) is 14.3 Å². The van der Waals surface area contributed by atoms with Crippen LogP contribution in [0.15, 0.2) is 0 Å². The molecule has 120 valence electrons. The highest BCUT2D eigenvalue weighted by Gasteiger charge is 2.42. The Balaban J connectivity index is 1.67. The number of ketones is 1. The second-order valence-corrected chi connectivity index (χ2v) is 7.10. The summed E-state index contributed by atoms with van der Waals surface area (Å²) in [5, 5.41) is 7.16. The van der Waals surface area contributed by atoms with Crippen LogP contribution in [0.25, 0.3) is 0 Å². The molecule has 22 heavy (non-hydrogen) atoms. The quantitative estimate of drug-likeness (QED) is 0.685. The summed E-state index contributed by atoms with van der Waals surface area (Å²) >= 11 is 0. The zero-order valence-corrected chi connectivity index (χ0v) is 13.8. The van der Waals surface area contributed by atoms with E-state index in [4.69, 9.17) is 0 Å². The van der Waals surface area contributed by atoms with Crippen LogP contribution < -0.4 is 5.32 Å². The Morgan fingerprint density at radius 2 is 2.00 bits per heavy atom. The van der Waals surface area contributed by atoms with E-state index in [1.807, 2.05) is 13.8 Å². The summed E-state index contributed by atoms with van der Waals surface area (Å²) in [5.41, 5.74) is 1.80. The molecule has 4 atom stereocenters. The number of nitrogens with one attached hydrogen (secondary N) is 1. The van der Waals surface area contributed by atoms with Gasteiger partial charge in [0.15, 0.2) is 0 Å². The zero-order valence-electron chi connectivity index (χ0n) is 13.8. The first kappa shape index (κ1) is 15.3. The number of hydrogen-bond donors (Lipinski definition) is 1. The Bertz CT molecular complexity index is 620. The fourth-order valence-electron chi connectivity index (χ4n) is 4.50. The molecule has 0 radical (unpaired) electrons. The average molecular weight is 303 g/mol. The number of Topliss-reactive ketones (excluding diaryl/α,β-unsaturated/α-hetero) is 1. The third kappa shape index (κ3) is 2.46. The van der Waals surface area contributed by atoms with Gasteiger partial charge in [0.05, 0.1) is 11.3 Å². The standard InChI is InChI=1S/C17H25N3O2/c1-9(14-8-12-5-6-13(14)7-12)18-17(22)16(21)15-10(2)19-20(4)11(15)3/h9,12-14H,5-8H2,1-4H3,(H,18,22). The Labute approximate surface area is 131 Å². The molecular weight excluding hydrogens is 278 g/mol. The van der Waals surface area contributed by atoms with E-state index >= 15 is 0 Å². The summed E-state index contributed by atoms with van der Waals surface area (Å²) in [7, 11) is 1.79. The topological polar surface area (TPSA) is 64.0 Å². The molecule has 1 heterocycles. The van der Waals surface area contributed by atoms with E-state index in [1.54, 1.807) is 18.7 Å². The molecule has 1 aromatic heterocycles. The van der Waals surface area contributed by atoms with Crippen LogP contribution in [-0.4, -0.2) is 27.5 Å². The number of carbonyl (C=O) groups excluding carboxylic acids is 2. The fraction of sp³-hybridized carbons (Fsp3) is 0.706. The SMILES string of the molecule is Cc1nn(C)c(C)c1C(=O)C(=O)NC(C)C1CC2CCC1C2. The van der Waals surface area contributed by atoms with Crippen LogP contribution in [0.5, 0.6) is 0 Å². The highest BCUT2D eigenvalue weighted by atomic mass is 16.2. The van der Waals surface area contributed by atoms with E-state index in [1.165, 1.54) is 25.7 Å². The molecule has 0 spiro atoms. The molecule has 5 heteroatoms. The molecule has 0 saturated heterocycles. The zero-order chi connectivity index (χ0) is 16.0. The minimum absolute atomic E-state index is 0.0732. The van der Waals surface area contributed by atoms with Crippen molar-refractivity contribution in [3.05, 3.63) is 17.0 Å². The van der Waals surface area contributed by atoms with Crippen LogP contribution in [0.4, 0.5) is 0 Å². The monoisotopic (exact) mass is 303 g/mol. The lowest BCUT2D eigenvalue weighted by Gasteiger charge is -2.28. The van der Waals surface area contributed by atoms with Crippen LogP contribution in [0.1, 0.15) is 54.4 Å². The number of amides is 1. The molecule has 5 nitrogen and oxygen atoms in total. The maximum absolute atomic E-state index is 12.4. The Morgan fingerprint density at radius 3 is 2.50 bits per heavy atom. The minimum Gasteiger partial charge on any atom is -0.346 e. The first-order valence-electron chi connectivity index (χ1n) is 8.23. The summed E-state index contributed by atoms with van der Waals surface area (Å²) < 4.78 is 1.65. The van der Waals surface area contributed by atoms with Crippen molar-refractivity contribution in [1.29, 1.82) is 0 Å². The summed E-state index contributed by atoms with van der Waals surface area (Å²) in [6, 6.07) is 0.0732. The van der Waals surface area contributed by atoms with Gasteiger partial charge in [-0.15, -0.1) is 0 Å². The number of carbonyl (C=O) groups is 2. The highest BCUT2D eigenvalue weighted by Crippen LogP contribution is 2.49. The number of hydrogen-bond acceptors (Lipinski definition) is 3. The molecule has 0 aliphatic heterocycles. The third-order valence-electron chi connectivity index (χ3n) is 5.74. The van der Waals surface area contributed by atoms with E-state index in [0.29, 0.717) is 17.2 Å². The second-order valence-electron chi connectivity index (χ2n) is 7.10. The molecule has 2 bridgehead atoms. The summed E-state index contributed by atoms with van der Waals surface area (Å²) in [4.78, 5) is 24.8. The highest BCUT2D eigenvalue weighted by molar-refractivity contribution is 6.43. The van der Waals surface area contributed by atoms with Gasteiger partial charge < -0.3 is 5.32 Å². The van der Waals surface area contributed by atoms with Gasteiger partial charge in [-0.05, 0) is 57.8 Å². The van der Waals surface area contributed by atoms with Gasteiger partial charge in [0.1, 0.15) is 0 Å². The van der Waals surface area contributed by atoms with E-state index in [-0.39, 0.29) is 6.04 Å². The largest absolute Gasteiger partial charge is 0.346 e. The lowest BCUT2D eigenvalue weighted by atomic mass is 9.84. The van der Waals surface area contributed by atoms with Crippen molar-refractivity contribution in [1.82, 2.24) is 15.1 Å². The first-order valence-corrected chi connectivity index (χ1v) is 8.23. The van der Waals surface area contributed by atoms with Gasteiger partial charge in [-0.1, -0.05) is 6.42 Å². The Kier molecular flexibility index (Phi) is 3.83. The molecular formula is C17H25N3O2. The van der Waals surface area contributed by atoms with Gasteiger partial charge in [0.2, 0.25) is 0 Å². The second kappa shape index (κ2) is 5.52. The van der Waals surface area contributed by atoms with Crippen molar-refractivity contribution >= 4 is 11.7 Å². The Morgan fingerprint density at radius 1 is 1.27 bits per heavy atom. The van der Waals surface area contributed by atoms with Gasteiger partial charge in [-0.2, -0.15) is 5.10 Å². The van der Waals surface area contributed by atoms with E-state index < -0.39 is 11.7 Å². The maximum atomic E-state index is 12.4. The van der Waals surface area contributed by atoms with Gasteiger partial charge in [-0.25, -0.2) is 0 Å². The molecule has 2 aliphatic rings. The third-order valence-corrected chi connectivity index (χ3v) is 5.74. The predicted molar refractivity (Wildman–Crippen MR) is 83.6 cm³/mol. The number of rotatable bonds is 4. The van der Waals surface area contributed by atoms with Crippen molar-refractivity contribution < 1.29 is 9.59 Å². The molecule has 4 unspecified atom stereocenters. The lowest BCUT2D eigenvalue weighted by molar-refractivity contribution is -0.118. The average Bonchev–Trinajstić information content (AvgIpc) is 3.14. The van der Waals surface area contributed by atoms with Gasteiger partial charge in [0.25, 0.3) is 11.7 Å². The number of aryl methyl sites for hydroxylation is 2. The summed E-state index contributed by atoms with van der Waals surface area (Å²) in [5.74, 6) is 1.16. The summed E-state index contributed by atoms with van der Waals surface area (Å²) in [6.45, 7) is 5.63. The first-order chi connectivity index (χ1) is 10.4. The van der Waals surface area contributed by atoms with Crippen LogP contribution in [-0.2, 0) is 11.8 Å². The molecule has 2 fully saturated rings. The van der Waals surface area contributed by atoms with Gasteiger partial charge in [0, 0.05) is 18.8 Å². The lowest BCUT2D eigenvalue weighted by Crippen LogP contribution is -2.43. The van der Waals surface area contributed by atoms with Crippen molar-refractivity contribution in [3.63, 3.8) is 0 Å². The van der Waals surface area contributed by atoms with Crippen molar-refractivity contribution in [2.75, 3.05) is 0 Å². The van der Waals surface area contributed by atoms with Crippen LogP contribution in [0.2, 0.25) is 0 Å². The van der Waals surface area contributed by atoms with E-state index in [2.05, 4.69) is 10.4 Å².